The number of anilines is 1. The van der Waals surface area contributed by atoms with Crippen molar-refractivity contribution in [1.82, 2.24) is 19.7 Å². The minimum absolute atomic E-state index is 0.130. The third kappa shape index (κ3) is 2.59. The quantitative estimate of drug-likeness (QED) is 0.801. The number of pyridine rings is 1. The van der Waals surface area contributed by atoms with E-state index in [0.717, 1.165) is 32.4 Å². The zero-order valence-electron chi connectivity index (χ0n) is 17.6. The topological polar surface area (TPSA) is 69.2 Å². The average molecular weight is 433 g/mol. The Morgan fingerprint density at radius 1 is 1.19 bits per heavy atom. The number of rotatable bonds is 4. The fourth-order valence-electron chi connectivity index (χ4n) is 6.57. The summed E-state index contributed by atoms with van der Waals surface area (Å²) in [5, 5.41) is 4.74. The predicted octanol–water partition coefficient (Wildman–Crippen LogP) is 3.35. The average Bonchev–Trinajstić information content (AvgIpc) is 3.30. The van der Waals surface area contributed by atoms with Crippen LogP contribution in [0, 0.1) is 17.8 Å². The van der Waals surface area contributed by atoms with E-state index in [-0.39, 0.29) is 11.5 Å². The molecule has 2 N–H and O–H groups in total. The Morgan fingerprint density at radius 3 is 2.58 bits per heavy atom. The summed E-state index contributed by atoms with van der Waals surface area (Å²) < 4.78 is 47.5. The zero-order chi connectivity index (χ0) is 21.7. The highest BCUT2D eigenvalue weighted by atomic mass is 19.4. The van der Waals surface area contributed by atoms with Crippen molar-refractivity contribution in [3.63, 3.8) is 0 Å². The first-order valence-electron chi connectivity index (χ1n) is 11.0. The Morgan fingerprint density at radius 2 is 1.94 bits per heavy atom. The minimum atomic E-state index is -4.54. The molecule has 4 aliphatic carbocycles. The molecule has 166 valence electrons. The van der Waals surface area contributed by atoms with E-state index in [4.69, 9.17) is 15.6 Å². The van der Waals surface area contributed by atoms with Gasteiger partial charge in [0, 0.05) is 48.0 Å². The number of ether oxygens (including phenoxy) is 1. The van der Waals surface area contributed by atoms with Gasteiger partial charge in [-0.2, -0.15) is 18.3 Å². The summed E-state index contributed by atoms with van der Waals surface area (Å²) in [4.78, 5) is 6.38. The normalized spacial score (nSPS) is 34.3. The van der Waals surface area contributed by atoms with Gasteiger partial charge in [0.2, 0.25) is 0 Å². The summed E-state index contributed by atoms with van der Waals surface area (Å²) in [5.74, 6) is 1.49. The molecule has 9 heteroatoms. The summed E-state index contributed by atoms with van der Waals surface area (Å²) in [6.07, 6.45) is -1.95. The van der Waals surface area contributed by atoms with Gasteiger partial charge in [0.1, 0.15) is 5.82 Å². The highest BCUT2D eigenvalue weighted by molar-refractivity contribution is 5.65. The Hall–Kier alpha value is -2.13. The standard InChI is InChI=1S/C22H26F3N5O/c1-11(2)30-17(9-15(28-30)12-7-14(22(23,24)25)20(26)27-10-12)21-13-8-16(19(21)18(13)21)29-3-5-31-6-4-29/h7,9-11,13,16,18-19H,3-6,8H2,1-2H3,(H2,26,27)/t13-,16?,18-,19?,21-/m1/s1. The summed E-state index contributed by atoms with van der Waals surface area (Å²) in [7, 11) is 0. The summed E-state index contributed by atoms with van der Waals surface area (Å²) >= 11 is 0. The van der Waals surface area contributed by atoms with Crippen molar-refractivity contribution in [2.45, 2.75) is 43.9 Å². The Kier molecular flexibility index (Phi) is 3.92. The molecule has 7 rings (SSSR count). The van der Waals surface area contributed by atoms with Gasteiger partial charge in [-0.25, -0.2) is 4.98 Å². The molecule has 5 aliphatic rings. The minimum Gasteiger partial charge on any atom is -0.383 e. The van der Waals surface area contributed by atoms with Crippen LogP contribution >= 0.6 is 0 Å². The number of nitrogen functional groups attached to an aromatic ring is 1. The van der Waals surface area contributed by atoms with Gasteiger partial charge in [0.05, 0.1) is 24.5 Å². The molecule has 2 aromatic heterocycles. The van der Waals surface area contributed by atoms with E-state index in [1.807, 2.05) is 10.7 Å². The maximum Gasteiger partial charge on any atom is 0.419 e. The van der Waals surface area contributed by atoms with Gasteiger partial charge in [-0.05, 0) is 50.2 Å². The molecule has 1 aliphatic heterocycles. The predicted molar refractivity (Wildman–Crippen MR) is 108 cm³/mol. The summed E-state index contributed by atoms with van der Waals surface area (Å²) in [6.45, 7) is 7.71. The number of nitrogens with two attached hydrogens (primary N) is 1. The molecule has 2 unspecified atom stereocenters. The maximum atomic E-state index is 13.3. The van der Waals surface area contributed by atoms with Crippen molar-refractivity contribution < 1.29 is 17.9 Å². The molecular weight excluding hydrogens is 407 g/mol. The van der Waals surface area contributed by atoms with Crippen LogP contribution in [0.2, 0.25) is 0 Å². The lowest BCUT2D eigenvalue weighted by atomic mass is 9.99. The van der Waals surface area contributed by atoms with Crippen molar-refractivity contribution in [2.75, 3.05) is 32.0 Å². The molecule has 6 nitrogen and oxygen atoms in total. The molecule has 0 radical (unpaired) electrons. The van der Waals surface area contributed by atoms with Gasteiger partial charge in [0.15, 0.2) is 0 Å². The molecule has 3 heterocycles. The molecule has 1 saturated heterocycles. The Balaban J connectivity index is 1.35. The lowest BCUT2D eigenvalue weighted by molar-refractivity contribution is -0.137. The third-order valence-corrected chi connectivity index (χ3v) is 7.93. The van der Waals surface area contributed by atoms with Crippen LogP contribution in [0.3, 0.4) is 0 Å². The van der Waals surface area contributed by atoms with Gasteiger partial charge in [-0.3, -0.25) is 9.58 Å². The van der Waals surface area contributed by atoms with Crippen LogP contribution in [0.25, 0.3) is 11.3 Å². The van der Waals surface area contributed by atoms with Gasteiger partial charge < -0.3 is 10.5 Å². The van der Waals surface area contributed by atoms with Gasteiger partial charge in [0.25, 0.3) is 0 Å². The lowest BCUT2D eigenvalue weighted by Gasteiger charge is -2.32. The van der Waals surface area contributed by atoms with Crippen LogP contribution in [0.1, 0.15) is 37.6 Å². The molecule has 31 heavy (non-hydrogen) atoms. The number of morpholine rings is 1. The molecule has 2 aromatic rings. The van der Waals surface area contributed by atoms with Crippen molar-refractivity contribution in [2.24, 2.45) is 17.8 Å². The maximum absolute atomic E-state index is 13.3. The van der Waals surface area contributed by atoms with E-state index in [1.54, 1.807) is 0 Å². The Labute approximate surface area is 178 Å². The fraction of sp³-hybridized carbons (Fsp3) is 0.636. The van der Waals surface area contributed by atoms with Gasteiger partial charge in [-0.15, -0.1) is 0 Å². The van der Waals surface area contributed by atoms with Crippen LogP contribution in [0.15, 0.2) is 18.3 Å². The number of nitrogens with zero attached hydrogens (tertiary/aromatic N) is 4. The van der Waals surface area contributed by atoms with Crippen LogP contribution < -0.4 is 5.73 Å². The molecule has 0 aromatic carbocycles. The van der Waals surface area contributed by atoms with Crippen LogP contribution in [-0.2, 0) is 16.3 Å². The van der Waals surface area contributed by atoms with Gasteiger partial charge in [-0.1, -0.05) is 0 Å². The fourth-order valence-corrected chi connectivity index (χ4v) is 6.57. The number of hydrogen-bond acceptors (Lipinski definition) is 5. The second kappa shape index (κ2) is 6.22. The highest BCUT2D eigenvalue weighted by Gasteiger charge is 2.93. The largest absolute Gasteiger partial charge is 0.419 e. The molecule has 0 spiro atoms. The third-order valence-electron chi connectivity index (χ3n) is 7.93. The summed E-state index contributed by atoms with van der Waals surface area (Å²) in [6, 6.07) is 3.79. The van der Waals surface area contributed by atoms with E-state index in [9.17, 15) is 13.2 Å². The van der Waals surface area contributed by atoms with E-state index >= 15 is 0 Å². The molecule has 5 fully saturated rings. The molecule has 2 bridgehead atoms. The van der Waals surface area contributed by atoms with Crippen molar-refractivity contribution >= 4 is 5.82 Å². The molecule has 5 atom stereocenters. The Bertz CT molecular complexity index is 1040. The van der Waals surface area contributed by atoms with Crippen LogP contribution in [0.4, 0.5) is 19.0 Å². The molecular formula is C22H26F3N5O. The first kappa shape index (κ1) is 19.5. The number of fused-ring (bicyclic) bond motifs is 1. The molecule has 4 saturated carbocycles. The lowest BCUT2D eigenvalue weighted by Crippen LogP contribution is -2.43. The van der Waals surface area contributed by atoms with E-state index in [2.05, 4.69) is 23.7 Å². The number of hydrogen-bond donors (Lipinski definition) is 1. The SMILES string of the molecule is CC(C)n1nc(-c2cnc(N)c(C(F)(F)F)c2)cc1[C@]12C3C(N4CCOCC4)C[C@@H]1[C@H]32. The first-order valence-corrected chi connectivity index (χ1v) is 11.0. The highest BCUT2D eigenvalue weighted by Crippen LogP contribution is 2.91. The number of halogens is 3. The molecule has 0 amide bonds. The second-order valence-electron chi connectivity index (χ2n) is 9.65. The second-order valence-corrected chi connectivity index (χ2v) is 9.65. The van der Waals surface area contributed by atoms with Crippen molar-refractivity contribution in [1.29, 1.82) is 0 Å². The van der Waals surface area contributed by atoms with Crippen molar-refractivity contribution in [3.05, 3.63) is 29.6 Å². The summed E-state index contributed by atoms with van der Waals surface area (Å²) in [5.41, 5.74) is 6.80. The van der Waals surface area contributed by atoms with E-state index < -0.39 is 17.6 Å². The zero-order valence-corrected chi connectivity index (χ0v) is 17.6. The first-order chi connectivity index (χ1) is 14.7. The van der Waals surface area contributed by atoms with Crippen molar-refractivity contribution in [3.8, 4) is 11.3 Å². The van der Waals surface area contributed by atoms with Crippen LogP contribution in [0.5, 0.6) is 0 Å². The number of aromatic nitrogens is 3. The monoisotopic (exact) mass is 433 g/mol. The number of alkyl halides is 3. The smallest absolute Gasteiger partial charge is 0.383 e. The van der Waals surface area contributed by atoms with Gasteiger partial charge >= 0.3 is 6.18 Å². The van der Waals surface area contributed by atoms with E-state index in [0.29, 0.717) is 35.1 Å². The van der Waals surface area contributed by atoms with E-state index in [1.165, 1.54) is 18.3 Å². The van der Waals surface area contributed by atoms with Crippen LogP contribution in [-0.4, -0.2) is 52.0 Å².